The van der Waals surface area contributed by atoms with Crippen molar-refractivity contribution in [3.8, 4) is 0 Å². The van der Waals surface area contributed by atoms with Crippen LogP contribution >= 0.6 is 24.4 Å². The van der Waals surface area contributed by atoms with Crippen molar-refractivity contribution < 1.29 is 17.9 Å². The lowest BCUT2D eigenvalue weighted by molar-refractivity contribution is -0.137. The Morgan fingerprint density at radius 2 is 1.24 bits per heavy atom. The van der Waals surface area contributed by atoms with Gasteiger partial charge in [0.05, 0.1) is 24.8 Å². The number of pyridine rings is 2. The Morgan fingerprint density at radius 3 is 1.81 bits per heavy atom. The summed E-state index contributed by atoms with van der Waals surface area (Å²) in [5.41, 5.74) is 5.43. The predicted molar refractivity (Wildman–Crippen MR) is 236 cm³/mol. The first kappa shape index (κ1) is 42.9. The molecule has 2 N–H and O–H groups in total. The number of aromatic nitrogens is 2. The second-order valence-corrected chi connectivity index (χ2v) is 16.5. The SMILES string of the molecule is Cc1cc(CCc2cc(C)cc(NC(=S)N3CCN(Cc4ccc(C(F)(F)F)cc4)C(c4ccccc4)C3)n2)nc(NC(=S)N2CCN(CCN3CCOCC3)CC2)c1. The van der Waals surface area contributed by atoms with Gasteiger partial charge in [0.25, 0.3) is 0 Å². The first-order chi connectivity index (χ1) is 28.4. The molecule has 3 saturated heterocycles. The quantitative estimate of drug-likeness (QED) is 0.156. The van der Waals surface area contributed by atoms with E-state index in [4.69, 9.17) is 39.1 Å². The molecule has 59 heavy (non-hydrogen) atoms. The second-order valence-electron chi connectivity index (χ2n) is 15.7. The summed E-state index contributed by atoms with van der Waals surface area (Å²) in [4.78, 5) is 21.6. The normalized spacial score (nSPS) is 18.5. The lowest BCUT2D eigenvalue weighted by atomic mass is 10.0. The number of anilines is 2. The number of morpholine rings is 1. The van der Waals surface area contributed by atoms with Gasteiger partial charge in [-0.1, -0.05) is 42.5 Å². The van der Waals surface area contributed by atoms with Crippen LogP contribution in [0.2, 0.25) is 0 Å². The van der Waals surface area contributed by atoms with E-state index in [0.717, 1.165) is 117 Å². The highest BCUT2D eigenvalue weighted by Crippen LogP contribution is 2.31. The van der Waals surface area contributed by atoms with Gasteiger partial charge in [-0.3, -0.25) is 14.7 Å². The number of hydrogen-bond acceptors (Lipinski definition) is 8. The van der Waals surface area contributed by atoms with Crippen molar-refractivity contribution in [3.63, 3.8) is 0 Å². The Kier molecular flexibility index (Phi) is 14.4. The summed E-state index contributed by atoms with van der Waals surface area (Å²) in [7, 11) is 0. The molecule has 0 amide bonds. The lowest BCUT2D eigenvalue weighted by Crippen LogP contribution is -2.51. The number of nitrogens with one attached hydrogen (secondary N) is 2. The monoisotopic (exact) mass is 845 g/mol. The summed E-state index contributed by atoms with van der Waals surface area (Å²) in [6.45, 7) is 16.3. The van der Waals surface area contributed by atoms with Crippen molar-refractivity contribution in [3.05, 3.63) is 118 Å². The third kappa shape index (κ3) is 12.2. The maximum Gasteiger partial charge on any atom is 0.416 e. The fraction of sp³-hybridized carbons (Fsp3) is 0.455. The van der Waals surface area contributed by atoms with Crippen LogP contribution < -0.4 is 10.6 Å². The third-order valence-electron chi connectivity index (χ3n) is 11.3. The van der Waals surface area contributed by atoms with Crippen LogP contribution in [0.5, 0.6) is 0 Å². The van der Waals surface area contributed by atoms with Crippen LogP contribution in [0.25, 0.3) is 0 Å². The number of rotatable bonds is 11. The molecule has 1 atom stereocenters. The molecule has 10 nitrogen and oxygen atoms in total. The smallest absolute Gasteiger partial charge is 0.379 e. The number of nitrogens with zero attached hydrogens (tertiary/aromatic N) is 7. The predicted octanol–water partition coefficient (Wildman–Crippen LogP) is 6.80. The van der Waals surface area contributed by atoms with Crippen molar-refractivity contribution in [1.29, 1.82) is 0 Å². The van der Waals surface area contributed by atoms with Crippen molar-refractivity contribution >= 4 is 46.3 Å². The van der Waals surface area contributed by atoms with Crippen LogP contribution in [0.1, 0.15) is 45.2 Å². The molecule has 0 radical (unpaired) electrons. The molecule has 2 aromatic heterocycles. The van der Waals surface area contributed by atoms with E-state index in [-0.39, 0.29) is 6.04 Å². The fourth-order valence-corrected chi connectivity index (χ4v) is 8.56. The zero-order chi connectivity index (χ0) is 41.4. The van der Waals surface area contributed by atoms with E-state index in [1.54, 1.807) is 12.1 Å². The molecule has 314 valence electrons. The van der Waals surface area contributed by atoms with Crippen molar-refractivity contribution in [2.45, 2.75) is 45.5 Å². The molecule has 5 heterocycles. The van der Waals surface area contributed by atoms with Crippen LogP contribution in [0.4, 0.5) is 24.8 Å². The number of piperazine rings is 2. The maximum atomic E-state index is 13.2. The first-order valence-electron chi connectivity index (χ1n) is 20.5. The Bertz CT molecular complexity index is 2020. The Hall–Kier alpha value is -4.25. The van der Waals surface area contributed by atoms with E-state index in [0.29, 0.717) is 55.1 Å². The largest absolute Gasteiger partial charge is 0.416 e. The van der Waals surface area contributed by atoms with Gasteiger partial charge < -0.3 is 25.2 Å². The highest BCUT2D eigenvalue weighted by molar-refractivity contribution is 7.80. The number of ether oxygens (including phenoxy) is 1. The maximum absolute atomic E-state index is 13.2. The molecule has 7 rings (SSSR count). The van der Waals surface area contributed by atoms with Crippen molar-refractivity contribution in [1.82, 2.24) is 34.5 Å². The molecule has 1 unspecified atom stereocenters. The summed E-state index contributed by atoms with van der Waals surface area (Å²) >= 11 is 11.8. The molecular formula is C44H54F3N9OS2. The van der Waals surface area contributed by atoms with E-state index < -0.39 is 11.7 Å². The minimum Gasteiger partial charge on any atom is -0.379 e. The average molecular weight is 846 g/mol. The van der Waals surface area contributed by atoms with Gasteiger partial charge in [-0.05, 0) is 110 Å². The Morgan fingerprint density at radius 1 is 0.695 bits per heavy atom. The first-order valence-corrected chi connectivity index (χ1v) is 21.3. The van der Waals surface area contributed by atoms with Gasteiger partial charge in [-0.25, -0.2) is 9.97 Å². The van der Waals surface area contributed by atoms with Gasteiger partial charge in [0.15, 0.2) is 10.2 Å². The van der Waals surface area contributed by atoms with Crippen LogP contribution in [0.3, 0.4) is 0 Å². The Labute approximate surface area is 356 Å². The highest BCUT2D eigenvalue weighted by Gasteiger charge is 2.32. The standard InChI is InChI=1S/C44H54F3N9OS2/c1-32-26-37(48-40(28-32)50-42(58)54-18-16-52(17-19-54)14-15-53-22-24-57-25-23-53)12-13-38-27-33(2)29-41(49-38)51-43(59)56-21-20-55(39(31-56)35-6-4-3-5-7-35)30-34-8-10-36(11-9-34)44(45,46)47/h3-11,26-29,39H,12-25,30-31H2,1-2H3,(H,48,50,58)(H,49,51,59). The van der Waals surface area contributed by atoms with Gasteiger partial charge in [0.2, 0.25) is 0 Å². The molecule has 4 aromatic rings. The van der Waals surface area contributed by atoms with Crippen molar-refractivity contribution in [2.24, 2.45) is 0 Å². The molecule has 0 saturated carbocycles. The topological polar surface area (TPSA) is 75.3 Å². The average Bonchev–Trinajstić information content (AvgIpc) is 3.22. The summed E-state index contributed by atoms with van der Waals surface area (Å²) in [5, 5.41) is 8.13. The zero-order valence-electron chi connectivity index (χ0n) is 33.9. The van der Waals surface area contributed by atoms with Crippen LogP contribution in [-0.4, -0.2) is 130 Å². The third-order valence-corrected chi connectivity index (χ3v) is 12.0. The molecule has 3 fully saturated rings. The van der Waals surface area contributed by atoms with Gasteiger partial charge in [-0.15, -0.1) is 0 Å². The molecule has 0 spiro atoms. The van der Waals surface area contributed by atoms with E-state index in [2.05, 4.69) is 73.2 Å². The summed E-state index contributed by atoms with van der Waals surface area (Å²) < 4.78 is 45.1. The van der Waals surface area contributed by atoms with E-state index >= 15 is 0 Å². The summed E-state index contributed by atoms with van der Waals surface area (Å²) in [6, 6.07) is 23.9. The molecule has 3 aliphatic rings. The van der Waals surface area contributed by atoms with Gasteiger partial charge in [0, 0.05) is 89.9 Å². The number of hydrogen-bond donors (Lipinski definition) is 2. The minimum absolute atomic E-state index is 0.00968. The number of benzene rings is 2. The summed E-state index contributed by atoms with van der Waals surface area (Å²) in [6.07, 6.45) is -2.94. The molecule has 3 aliphatic heterocycles. The van der Waals surface area contributed by atoms with Gasteiger partial charge in [-0.2, -0.15) is 13.2 Å². The fourth-order valence-electron chi connectivity index (χ4n) is 8.00. The van der Waals surface area contributed by atoms with Gasteiger partial charge >= 0.3 is 6.18 Å². The summed E-state index contributed by atoms with van der Waals surface area (Å²) in [5.74, 6) is 1.46. The molecular weight excluding hydrogens is 792 g/mol. The van der Waals surface area contributed by atoms with E-state index in [1.807, 2.05) is 30.3 Å². The van der Waals surface area contributed by atoms with Crippen LogP contribution in [-0.2, 0) is 30.3 Å². The number of halogens is 3. The lowest BCUT2D eigenvalue weighted by Gasteiger charge is -2.42. The van der Waals surface area contributed by atoms with Gasteiger partial charge in [0.1, 0.15) is 11.6 Å². The number of thiocarbonyl (C=S) groups is 2. The van der Waals surface area contributed by atoms with Crippen LogP contribution in [0, 0.1) is 13.8 Å². The zero-order valence-corrected chi connectivity index (χ0v) is 35.5. The second kappa shape index (κ2) is 19.9. The molecule has 0 bridgehead atoms. The van der Waals surface area contributed by atoms with Crippen LogP contribution in [0.15, 0.2) is 78.9 Å². The number of aryl methyl sites for hydroxylation is 4. The molecule has 15 heteroatoms. The highest BCUT2D eigenvalue weighted by atomic mass is 32.1. The van der Waals surface area contributed by atoms with Crippen molar-refractivity contribution in [2.75, 3.05) is 95.8 Å². The Balaban J connectivity index is 0.921. The van der Waals surface area contributed by atoms with E-state index in [9.17, 15) is 13.2 Å². The van der Waals surface area contributed by atoms with E-state index in [1.165, 1.54) is 0 Å². The molecule has 2 aromatic carbocycles. The minimum atomic E-state index is -4.36. The molecule has 0 aliphatic carbocycles. The number of alkyl halides is 3.